The van der Waals surface area contributed by atoms with Crippen molar-refractivity contribution in [2.75, 3.05) is 18.4 Å². The molecule has 0 unspecified atom stereocenters. The molecule has 0 saturated heterocycles. The fourth-order valence-corrected chi connectivity index (χ4v) is 3.75. The summed E-state index contributed by atoms with van der Waals surface area (Å²) >= 11 is 0. The zero-order valence-corrected chi connectivity index (χ0v) is 18.8. The summed E-state index contributed by atoms with van der Waals surface area (Å²) in [6.07, 6.45) is 4.07. The zero-order chi connectivity index (χ0) is 21.8. The monoisotopic (exact) mass is 410 g/mol. The first-order valence-electron chi connectivity index (χ1n) is 10.8. The predicted octanol–water partition coefficient (Wildman–Crippen LogP) is 4.32. The molecule has 30 heavy (non-hydrogen) atoms. The lowest BCUT2D eigenvalue weighted by atomic mass is 10.1. The van der Waals surface area contributed by atoms with Crippen LogP contribution in [0.3, 0.4) is 0 Å². The first-order chi connectivity index (χ1) is 14.3. The number of hydrogen-bond donors (Lipinski definition) is 1. The lowest BCUT2D eigenvalue weighted by Crippen LogP contribution is -2.46. The highest BCUT2D eigenvalue weighted by atomic mass is 16.2. The van der Waals surface area contributed by atoms with Gasteiger partial charge in [0.1, 0.15) is 6.54 Å². The number of urea groups is 1. The van der Waals surface area contributed by atoms with Crippen LogP contribution in [-0.4, -0.2) is 45.4 Å². The second-order valence-electron chi connectivity index (χ2n) is 8.83. The number of anilines is 1. The van der Waals surface area contributed by atoms with Crippen molar-refractivity contribution >= 4 is 17.6 Å². The normalized spacial score (nSPS) is 13.4. The van der Waals surface area contributed by atoms with Crippen molar-refractivity contribution in [2.24, 2.45) is 13.0 Å². The molecule has 2 aromatic rings. The van der Waals surface area contributed by atoms with Gasteiger partial charge in [-0.25, -0.2) is 4.79 Å². The smallest absolute Gasteiger partial charge is 0.322 e. The minimum atomic E-state index is -0.218. The molecule has 3 rings (SSSR count). The third-order valence-electron chi connectivity index (χ3n) is 5.60. The molecule has 162 valence electrons. The molecule has 1 aromatic heterocycles. The lowest BCUT2D eigenvalue weighted by Gasteiger charge is -2.29. The summed E-state index contributed by atoms with van der Waals surface area (Å²) in [6.45, 7) is 9.30. The number of amides is 3. The van der Waals surface area contributed by atoms with Gasteiger partial charge in [-0.2, -0.15) is 0 Å². The summed E-state index contributed by atoms with van der Waals surface area (Å²) in [5.74, 6) is 0.278. The third kappa shape index (κ3) is 5.43. The Balaban J connectivity index is 1.73. The van der Waals surface area contributed by atoms with E-state index in [0.717, 1.165) is 35.3 Å². The molecule has 6 heteroatoms. The van der Waals surface area contributed by atoms with Gasteiger partial charge in [-0.15, -0.1) is 0 Å². The van der Waals surface area contributed by atoms with Gasteiger partial charge in [-0.1, -0.05) is 32.0 Å². The lowest BCUT2D eigenvalue weighted by molar-refractivity contribution is -0.133. The highest BCUT2D eigenvalue weighted by Crippen LogP contribution is 2.29. The molecule has 0 bridgehead atoms. The molecule has 1 saturated carbocycles. The Kier molecular flexibility index (Phi) is 6.85. The van der Waals surface area contributed by atoms with Crippen LogP contribution in [-0.2, 0) is 18.4 Å². The van der Waals surface area contributed by atoms with E-state index in [1.807, 2.05) is 66.9 Å². The van der Waals surface area contributed by atoms with Gasteiger partial charge in [0.2, 0.25) is 5.91 Å². The van der Waals surface area contributed by atoms with Crippen molar-refractivity contribution < 1.29 is 9.59 Å². The van der Waals surface area contributed by atoms with Crippen LogP contribution in [0.25, 0.3) is 0 Å². The summed E-state index contributed by atoms with van der Waals surface area (Å²) in [5.41, 5.74) is 3.96. The molecular formula is C24H34N4O2. The average Bonchev–Trinajstić information content (AvgIpc) is 3.43. The molecular weight excluding hydrogens is 376 g/mol. The van der Waals surface area contributed by atoms with E-state index >= 15 is 0 Å². The first kappa shape index (κ1) is 21.9. The Morgan fingerprint density at radius 1 is 1.13 bits per heavy atom. The van der Waals surface area contributed by atoms with Gasteiger partial charge < -0.3 is 19.7 Å². The molecule has 1 aromatic carbocycles. The third-order valence-corrected chi connectivity index (χ3v) is 5.60. The van der Waals surface area contributed by atoms with E-state index in [-0.39, 0.29) is 30.4 Å². The van der Waals surface area contributed by atoms with Crippen molar-refractivity contribution in [2.45, 2.75) is 53.1 Å². The fourth-order valence-electron chi connectivity index (χ4n) is 3.75. The average molecular weight is 411 g/mol. The number of aromatic nitrogens is 1. The van der Waals surface area contributed by atoms with Crippen molar-refractivity contribution in [3.8, 4) is 0 Å². The summed E-state index contributed by atoms with van der Waals surface area (Å²) in [4.78, 5) is 29.9. The van der Waals surface area contributed by atoms with Crippen molar-refractivity contribution in [1.82, 2.24) is 14.4 Å². The maximum absolute atomic E-state index is 13.2. The number of aryl methyl sites for hydroxylation is 3. The quantitative estimate of drug-likeness (QED) is 0.704. The van der Waals surface area contributed by atoms with Crippen molar-refractivity contribution in [3.63, 3.8) is 0 Å². The Bertz CT molecular complexity index is 878. The number of para-hydroxylation sites is 1. The Morgan fingerprint density at radius 3 is 2.33 bits per heavy atom. The van der Waals surface area contributed by atoms with Crippen LogP contribution >= 0.6 is 0 Å². The highest BCUT2D eigenvalue weighted by Gasteiger charge is 2.34. The topological polar surface area (TPSA) is 57.6 Å². The maximum Gasteiger partial charge on any atom is 0.322 e. The van der Waals surface area contributed by atoms with Crippen molar-refractivity contribution in [1.29, 1.82) is 0 Å². The summed E-state index contributed by atoms with van der Waals surface area (Å²) < 4.78 is 2.04. The molecule has 3 amide bonds. The van der Waals surface area contributed by atoms with Gasteiger partial charge in [0.05, 0.1) is 6.54 Å². The SMILES string of the molecule is Cc1cccc(C)c1NC(=O)N(CC(=O)N(Cc1cccn1C)C1CC1)CC(C)C. The molecule has 0 spiro atoms. The van der Waals surface area contributed by atoms with Gasteiger partial charge in [0.25, 0.3) is 0 Å². The van der Waals surface area contributed by atoms with Gasteiger partial charge in [0, 0.05) is 37.2 Å². The number of carbonyl (C=O) groups is 2. The van der Waals surface area contributed by atoms with Crippen LogP contribution in [0.15, 0.2) is 36.5 Å². The zero-order valence-electron chi connectivity index (χ0n) is 18.8. The number of carbonyl (C=O) groups excluding carboxylic acids is 2. The molecule has 0 aliphatic heterocycles. The van der Waals surface area contributed by atoms with Gasteiger partial charge >= 0.3 is 6.03 Å². The van der Waals surface area contributed by atoms with Crippen LogP contribution in [0.4, 0.5) is 10.5 Å². The predicted molar refractivity (Wildman–Crippen MR) is 120 cm³/mol. The second-order valence-corrected chi connectivity index (χ2v) is 8.83. The molecule has 1 N–H and O–H groups in total. The van der Waals surface area contributed by atoms with Crippen LogP contribution in [0.1, 0.15) is 43.5 Å². The van der Waals surface area contributed by atoms with Crippen LogP contribution in [0.5, 0.6) is 0 Å². The molecule has 1 heterocycles. The Morgan fingerprint density at radius 2 is 1.80 bits per heavy atom. The largest absolute Gasteiger partial charge is 0.353 e. The van der Waals surface area contributed by atoms with Gasteiger partial charge in [0.15, 0.2) is 0 Å². The molecule has 0 radical (unpaired) electrons. The number of nitrogens with zero attached hydrogens (tertiary/aromatic N) is 3. The summed E-state index contributed by atoms with van der Waals surface area (Å²) in [6, 6.07) is 10.0. The summed E-state index contributed by atoms with van der Waals surface area (Å²) in [7, 11) is 1.99. The standard InChI is InChI=1S/C24H34N4O2/c1-17(2)14-27(24(30)25-23-18(3)8-6-9-19(23)4)16-22(29)28(20-11-12-20)15-21-10-7-13-26(21)5/h6-10,13,17,20H,11-12,14-16H2,1-5H3,(H,25,30). The Labute approximate surface area is 179 Å². The first-order valence-corrected chi connectivity index (χ1v) is 10.8. The minimum Gasteiger partial charge on any atom is -0.353 e. The number of rotatable bonds is 8. The molecule has 6 nitrogen and oxygen atoms in total. The number of nitrogens with one attached hydrogen (secondary N) is 1. The molecule has 1 fully saturated rings. The highest BCUT2D eigenvalue weighted by molar-refractivity contribution is 5.93. The number of hydrogen-bond acceptors (Lipinski definition) is 2. The van der Waals surface area contributed by atoms with E-state index in [0.29, 0.717) is 13.1 Å². The van der Waals surface area contributed by atoms with Crippen LogP contribution < -0.4 is 5.32 Å². The van der Waals surface area contributed by atoms with E-state index in [4.69, 9.17) is 0 Å². The van der Waals surface area contributed by atoms with E-state index < -0.39 is 0 Å². The summed E-state index contributed by atoms with van der Waals surface area (Å²) in [5, 5.41) is 3.04. The molecule has 1 aliphatic rings. The minimum absolute atomic E-state index is 0.0102. The van der Waals surface area contributed by atoms with Crippen molar-refractivity contribution in [3.05, 3.63) is 53.3 Å². The molecule has 1 aliphatic carbocycles. The number of benzene rings is 1. The van der Waals surface area contributed by atoms with E-state index in [1.165, 1.54) is 0 Å². The van der Waals surface area contributed by atoms with E-state index in [2.05, 4.69) is 19.2 Å². The van der Waals surface area contributed by atoms with Gasteiger partial charge in [-0.3, -0.25) is 4.79 Å². The fraction of sp³-hybridized carbons (Fsp3) is 0.500. The second kappa shape index (κ2) is 9.37. The van der Waals surface area contributed by atoms with Crippen LogP contribution in [0.2, 0.25) is 0 Å². The molecule has 0 atom stereocenters. The van der Waals surface area contributed by atoms with E-state index in [9.17, 15) is 9.59 Å². The van der Waals surface area contributed by atoms with Gasteiger partial charge in [-0.05, 0) is 55.9 Å². The maximum atomic E-state index is 13.2. The van der Waals surface area contributed by atoms with E-state index in [1.54, 1.807) is 4.90 Å². The van der Waals surface area contributed by atoms with Crippen LogP contribution in [0, 0.1) is 19.8 Å². The Hall–Kier alpha value is -2.76.